The van der Waals surface area contributed by atoms with E-state index in [1.807, 2.05) is 13.0 Å². The molecular formula is C22H23ClN4O3S. The van der Waals surface area contributed by atoms with Crippen LogP contribution in [-0.2, 0) is 14.8 Å². The van der Waals surface area contributed by atoms with Gasteiger partial charge in [-0.05, 0) is 43.7 Å². The Bertz CT molecular complexity index is 1150. The molecule has 1 amide bonds. The van der Waals surface area contributed by atoms with Crippen molar-refractivity contribution in [2.24, 2.45) is 0 Å². The summed E-state index contributed by atoms with van der Waals surface area (Å²) in [5.74, 6) is -0.539. The van der Waals surface area contributed by atoms with Gasteiger partial charge in [0.15, 0.2) is 0 Å². The number of benzene rings is 2. The summed E-state index contributed by atoms with van der Waals surface area (Å²) in [6.45, 7) is 4.96. The van der Waals surface area contributed by atoms with E-state index in [9.17, 15) is 18.5 Å². The van der Waals surface area contributed by atoms with Crippen LogP contribution in [0.15, 0.2) is 59.1 Å². The number of carbonyl (C=O) groups excluding carboxylic acids is 1. The molecule has 7 nitrogen and oxygen atoms in total. The van der Waals surface area contributed by atoms with Crippen molar-refractivity contribution in [1.82, 2.24) is 9.21 Å². The number of sulfonamides is 1. The highest BCUT2D eigenvalue weighted by Gasteiger charge is 2.28. The van der Waals surface area contributed by atoms with Crippen LogP contribution >= 0.6 is 11.6 Å². The second-order valence-electron chi connectivity index (χ2n) is 7.27. The van der Waals surface area contributed by atoms with Crippen molar-refractivity contribution in [2.45, 2.75) is 18.7 Å². The molecule has 1 fully saturated rings. The molecule has 2 aromatic rings. The Hall–Kier alpha value is -2.86. The lowest BCUT2D eigenvalue weighted by atomic mass is 10.2. The predicted octanol–water partition coefficient (Wildman–Crippen LogP) is 3.31. The topological polar surface area (TPSA) is 93.5 Å². The smallest absolute Gasteiger partial charge is 0.267 e. The SMILES string of the molecule is Cc1ccc(S(=O)(=O)N2CCN(/C=C(/C#N)C(=O)Nc3cccc(Cl)c3C)CC2)cc1. The highest BCUT2D eigenvalue weighted by Crippen LogP contribution is 2.23. The number of aryl methyl sites for hydroxylation is 1. The molecule has 0 atom stereocenters. The molecule has 1 aliphatic heterocycles. The molecule has 1 aliphatic rings. The van der Waals surface area contributed by atoms with Crippen LogP contribution < -0.4 is 5.32 Å². The monoisotopic (exact) mass is 458 g/mol. The summed E-state index contributed by atoms with van der Waals surface area (Å²) in [6, 6.07) is 13.8. The molecule has 0 unspecified atom stereocenters. The fourth-order valence-corrected chi connectivity index (χ4v) is 4.78. The lowest BCUT2D eigenvalue weighted by Gasteiger charge is -2.33. The molecule has 9 heteroatoms. The number of rotatable bonds is 5. The summed E-state index contributed by atoms with van der Waals surface area (Å²) in [6.07, 6.45) is 1.48. The van der Waals surface area contributed by atoms with Crippen LogP contribution in [0.5, 0.6) is 0 Å². The summed E-state index contributed by atoms with van der Waals surface area (Å²) < 4.78 is 27.1. The summed E-state index contributed by atoms with van der Waals surface area (Å²) in [4.78, 5) is 14.6. The number of hydrogen-bond acceptors (Lipinski definition) is 5. The van der Waals surface area contributed by atoms with Crippen molar-refractivity contribution in [2.75, 3.05) is 31.5 Å². The van der Waals surface area contributed by atoms with E-state index >= 15 is 0 Å². The van der Waals surface area contributed by atoms with Gasteiger partial charge in [-0.15, -0.1) is 0 Å². The molecule has 3 rings (SSSR count). The lowest BCUT2D eigenvalue weighted by molar-refractivity contribution is -0.112. The molecule has 0 spiro atoms. The van der Waals surface area contributed by atoms with Gasteiger partial charge < -0.3 is 10.2 Å². The molecule has 0 radical (unpaired) electrons. The van der Waals surface area contributed by atoms with Gasteiger partial charge in [0.2, 0.25) is 10.0 Å². The van der Waals surface area contributed by atoms with Crippen molar-refractivity contribution in [3.63, 3.8) is 0 Å². The van der Waals surface area contributed by atoms with Crippen LogP contribution in [0.4, 0.5) is 5.69 Å². The summed E-state index contributed by atoms with van der Waals surface area (Å²) in [5.41, 5.74) is 2.18. The van der Waals surface area contributed by atoms with Crippen LogP contribution in [-0.4, -0.2) is 49.7 Å². The van der Waals surface area contributed by atoms with Crippen LogP contribution in [0.1, 0.15) is 11.1 Å². The first-order valence-corrected chi connectivity index (χ1v) is 11.5. The second kappa shape index (κ2) is 9.52. The van der Waals surface area contributed by atoms with E-state index in [4.69, 9.17) is 11.6 Å². The number of amides is 1. The molecule has 0 bridgehead atoms. The maximum Gasteiger partial charge on any atom is 0.267 e. The molecule has 1 N–H and O–H groups in total. The Kier molecular flexibility index (Phi) is 7.01. The first kappa shape index (κ1) is 22.8. The fraction of sp³-hybridized carbons (Fsp3) is 0.273. The Morgan fingerprint density at radius 2 is 1.74 bits per heavy atom. The third-order valence-electron chi connectivity index (χ3n) is 5.12. The number of nitriles is 1. The molecule has 162 valence electrons. The minimum atomic E-state index is -3.57. The van der Waals surface area contributed by atoms with Crippen LogP contribution in [0.3, 0.4) is 0 Å². The highest BCUT2D eigenvalue weighted by molar-refractivity contribution is 7.89. The van der Waals surface area contributed by atoms with Crippen molar-refractivity contribution >= 4 is 33.2 Å². The molecule has 0 saturated carbocycles. The molecule has 1 saturated heterocycles. The van der Waals surface area contributed by atoms with Gasteiger partial charge in [-0.1, -0.05) is 35.4 Å². The fourth-order valence-electron chi connectivity index (χ4n) is 3.19. The minimum absolute atomic E-state index is 0.0609. The van der Waals surface area contributed by atoms with Crippen LogP contribution in [0, 0.1) is 25.2 Å². The van der Waals surface area contributed by atoms with E-state index in [0.29, 0.717) is 29.4 Å². The minimum Gasteiger partial charge on any atom is -0.373 e. The molecule has 2 aromatic carbocycles. The summed E-state index contributed by atoms with van der Waals surface area (Å²) in [5, 5.41) is 12.7. The molecule has 1 heterocycles. The maximum absolute atomic E-state index is 12.8. The number of nitrogens with one attached hydrogen (secondary N) is 1. The number of hydrogen-bond donors (Lipinski definition) is 1. The number of halogens is 1. The molecule has 0 aromatic heterocycles. The van der Waals surface area contributed by atoms with Crippen molar-refractivity contribution in [1.29, 1.82) is 5.26 Å². The van der Waals surface area contributed by atoms with Crippen molar-refractivity contribution in [3.8, 4) is 6.07 Å². The van der Waals surface area contributed by atoms with Crippen LogP contribution in [0.2, 0.25) is 5.02 Å². The summed E-state index contributed by atoms with van der Waals surface area (Å²) in [7, 11) is -3.57. The third kappa shape index (κ3) is 5.25. The summed E-state index contributed by atoms with van der Waals surface area (Å²) >= 11 is 6.08. The first-order chi connectivity index (χ1) is 14.7. The third-order valence-corrected chi connectivity index (χ3v) is 7.45. The largest absolute Gasteiger partial charge is 0.373 e. The van der Waals surface area contributed by atoms with E-state index in [2.05, 4.69) is 5.32 Å². The van der Waals surface area contributed by atoms with E-state index in [1.165, 1.54) is 10.5 Å². The first-order valence-electron chi connectivity index (χ1n) is 9.71. The van der Waals surface area contributed by atoms with Gasteiger partial charge in [-0.25, -0.2) is 8.42 Å². The Morgan fingerprint density at radius 3 is 2.35 bits per heavy atom. The van der Waals surface area contributed by atoms with E-state index < -0.39 is 15.9 Å². The quantitative estimate of drug-likeness (QED) is 0.548. The average Bonchev–Trinajstić information content (AvgIpc) is 2.76. The molecule has 0 aliphatic carbocycles. The predicted molar refractivity (Wildman–Crippen MR) is 120 cm³/mol. The van der Waals surface area contributed by atoms with Gasteiger partial charge in [0.25, 0.3) is 5.91 Å². The standard InChI is InChI=1S/C22H23ClN4O3S/c1-16-6-8-19(9-7-16)31(29,30)27-12-10-26(11-13-27)15-18(14-24)22(28)25-21-5-3-4-20(23)17(21)2/h3-9,15H,10-13H2,1-2H3,(H,25,28)/b18-15-. The number of piperazine rings is 1. The van der Waals surface area contributed by atoms with Gasteiger partial charge >= 0.3 is 0 Å². The van der Waals surface area contributed by atoms with E-state index in [-0.39, 0.29) is 23.6 Å². The zero-order valence-corrected chi connectivity index (χ0v) is 18.9. The molecule has 31 heavy (non-hydrogen) atoms. The van der Waals surface area contributed by atoms with Gasteiger partial charge in [0.05, 0.1) is 4.90 Å². The number of carbonyl (C=O) groups is 1. The van der Waals surface area contributed by atoms with Gasteiger partial charge in [-0.2, -0.15) is 9.57 Å². The van der Waals surface area contributed by atoms with Crippen LogP contribution in [0.25, 0.3) is 0 Å². The van der Waals surface area contributed by atoms with Crippen molar-refractivity contribution < 1.29 is 13.2 Å². The highest BCUT2D eigenvalue weighted by atomic mass is 35.5. The Balaban J connectivity index is 1.66. The van der Waals surface area contributed by atoms with Crippen molar-refractivity contribution in [3.05, 3.63) is 70.4 Å². The zero-order valence-electron chi connectivity index (χ0n) is 17.3. The Morgan fingerprint density at radius 1 is 1.10 bits per heavy atom. The molecular weight excluding hydrogens is 436 g/mol. The number of nitrogens with zero attached hydrogens (tertiary/aromatic N) is 3. The van der Waals surface area contributed by atoms with Gasteiger partial charge in [0.1, 0.15) is 11.6 Å². The lowest BCUT2D eigenvalue weighted by Crippen LogP contribution is -2.46. The zero-order chi connectivity index (χ0) is 22.6. The van der Waals surface area contributed by atoms with Gasteiger partial charge in [0, 0.05) is 43.1 Å². The van der Waals surface area contributed by atoms with E-state index in [0.717, 1.165) is 5.56 Å². The maximum atomic E-state index is 12.8. The normalized spacial score (nSPS) is 15.4. The van der Waals surface area contributed by atoms with E-state index in [1.54, 1.807) is 54.3 Å². The Labute approximate surface area is 187 Å². The van der Waals surface area contributed by atoms with Gasteiger partial charge in [-0.3, -0.25) is 4.79 Å². The average molecular weight is 459 g/mol. The number of anilines is 1. The second-order valence-corrected chi connectivity index (χ2v) is 9.62.